The Morgan fingerprint density at radius 1 is 1.36 bits per heavy atom. The van der Waals surface area contributed by atoms with Crippen LogP contribution in [0.4, 0.5) is 5.69 Å². The zero-order valence-electron chi connectivity index (χ0n) is 12.9. The molecular formula is C16H20N4OS. The van der Waals surface area contributed by atoms with E-state index in [1.165, 1.54) is 11.8 Å². The minimum Gasteiger partial charge on any atom is -0.339 e. The van der Waals surface area contributed by atoms with Crippen LogP contribution in [-0.4, -0.2) is 35.3 Å². The Morgan fingerprint density at radius 2 is 2.00 bits per heavy atom. The number of aliphatic imine (C=N–C) groups is 1. The minimum absolute atomic E-state index is 0.0858. The first-order valence-electron chi connectivity index (χ1n) is 7.31. The second kappa shape index (κ2) is 7.85. The molecule has 0 spiro atoms. The van der Waals surface area contributed by atoms with Gasteiger partial charge in [0.15, 0.2) is 11.4 Å². The molecule has 5 nitrogen and oxygen atoms in total. The predicted molar refractivity (Wildman–Crippen MR) is 90.1 cm³/mol. The van der Waals surface area contributed by atoms with Crippen LogP contribution in [0.3, 0.4) is 0 Å². The van der Waals surface area contributed by atoms with Gasteiger partial charge < -0.3 is 4.90 Å². The molecule has 1 fully saturated rings. The molecule has 0 atom stereocenters. The van der Waals surface area contributed by atoms with Crippen LogP contribution in [0.25, 0.3) is 0 Å². The summed E-state index contributed by atoms with van der Waals surface area (Å²) in [7, 11) is 0. The van der Waals surface area contributed by atoms with Gasteiger partial charge in [-0.2, -0.15) is 5.26 Å². The second-order valence-electron chi connectivity index (χ2n) is 5.38. The molecule has 1 aliphatic heterocycles. The van der Waals surface area contributed by atoms with Crippen molar-refractivity contribution in [3.05, 3.63) is 29.8 Å². The minimum atomic E-state index is 0.0858. The summed E-state index contributed by atoms with van der Waals surface area (Å²) in [5.41, 5.74) is 1.41. The topological polar surface area (TPSA) is 68.5 Å². The number of benzene rings is 1. The van der Waals surface area contributed by atoms with Gasteiger partial charge in [0, 0.05) is 18.7 Å². The third-order valence-corrected chi connectivity index (χ3v) is 4.35. The van der Waals surface area contributed by atoms with Crippen molar-refractivity contribution < 1.29 is 4.79 Å². The first-order valence-corrected chi connectivity index (χ1v) is 8.53. The van der Waals surface area contributed by atoms with Crippen LogP contribution >= 0.6 is 11.8 Å². The number of amides is 1. The van der Waals surface area contributed by atoms with Crippen molar-refractivity contribution in [3.8, 4) is 6.19 Å². The van der Waals surface area contributed by atoms with Crippen molar-refractivity contribution >= 4 is 28.5 Å². The maximum Gasteiger partial charge on any atom is 0.253 e. The van der Waals surface area contributed by atoms with Crippen LogP contribution in [0.2, 0.25) is 0 Å². The molecule has 1 N–H and O–H groups in total. The highest BCUT2D eigenvalue weighted by molar-refractivity contribution is 8.13. The molecular weight excluding hydrogens is 296 g/mol. The van der Waals surface area contributed by atoms with Gasteiger partial charge in [-0.1, -0.05) is 18.7 Å². The largest absolute Gasteiger partial charge is 0.339 e. The molecule has 0 bridgehead atoms. The summed E-state index contributed by atoms with van der Waals surface area (Å²) < 4.78 is 0. The SMILES string of the molecule is CSC(=Nc1ccc(C(=O)N2CCC(C)CC2)cc1)NC#N. The average Bonchev–Trinajstić information content (AvgIpc) is 2.55. The number of nitrogens with one attached hydrogen (secondary N) is 1. The van der Waals surface area contributed by atoms with Gasteiger partial charge in [-0.05, 0) is 49.3 Å². The monoisotopic (exact) mass is 316 g/mol. The summed E-state index contributed by atoms with van der Waals surface area (Å²) in [6.45, 7) is 3.90. The van der Waals surface area contributed by atoms with Crippen molar-refractivity contribution in [2.45, 2.75) is 19.8 Å². The Kier molecular flexibility index (Phi) is 5.84. The normalized spacial score (nSPS) is 16.2. The molecule has 1 aromatic carbocycles. The molecule has 1 heterocycles. The van der Waals surface area contributed by atoms with E-state index in [-0.39, 0.29) is 5.91 Å². The molecule has 22 heavy (non-hydrogen) atoms. The lowest BCUT2D eigenvalue weighted by atomic mass is 9.98. The molecule has 2 rings (SSSR count). The number of hydrogen-bond donors (Lipinski definition) is 1. The summed E-state index contributed by atoms with van der Waals surface area (Å²) in [6.07, 6.45) is 5.85. The lowest BCUT2D eigenvalue weighted by Crippen LogP contribution is -2.37. The Morgan fingerprint density at radius 3 is 2.55 bits per heavy atom. The first kappa shape index (κ1) is 16.4. The molecule has 0 saturated carbocycles. The maximum absolute atomic E-state index is 12.4. The third-order valence-electron chi connectivity index (χ3n) is 3.77. The van der Waals surface area contributed by atoms with E-state index in [0.717, 1.165) is 31.6 Å². The van der Waals surface area contributed by atoms with E-state index in [9.17, 15) is 4.79 Å². The average molecular weight is 316 g/mol. The van der Waals surface area contributed by atoms with Gasteiger partial charge in [0.1, 0.15) is 0 Å². The number of carbonyl (C=O) groups is 1. The molecule has 1 aliphatic rings. The molecule has 6 heteroatoms. The smallest absolute Gasteiger partial charge is 0.253 e. The Bertz CT molecular complexity index is 583. The van der Waals surface area contributed by atoms with Crippen LogP contribution in [-0.2, 0) is 0 Å². The van der Waals surface area contributed by atoms with E-state index >= 15 is 0 Å². The Balaban J connectivity index is 2.05. The molecule has 0 aliphatic carbocycles. The summed E-state index contributed by atoms with van der Waals surface area (Å²) in [4.78, 5) is 18.7. The quantitative estimate of drug-likeness (QED) is 0.394. The number of thioether (sulfide) groups is 1. The van der Waals surface area contributed by atoms with Gasteiger partial charge in [0.05, 0.1) is 5.69 Å². The van der Waals surface area contributed by atoms with Crippen molar-refractivity contribution in [1.82, 2.24) is 10.2 Å². The Hall–Kier alpha value is -2.00. The fraction of sp³-hybridized carbons (Fsp3) is 0.438. The summed E-state index contributed by atoms with van der Waals surface area (Å²) in [6, 6.07) is 7.19. The number of piperidine rings is 1. The third kappa shape index (κ3) is 4.25. The van der Waals surface area contributed by atoms with Crippen molar-refractivity contribution in [2.75, 3.05) is 19.3 Å². The zero-order valence-corrected chi connectivity index (χ0v) is 13.7. The van der Waals surface area contributed by atoms with Gasteiger partial charge in [-0.15, -0.1) is 0 Å². The number of amidine groups is 1. The zero-order chi connectivity index (χ0) is 15.9. The van der Waals surface area contributed by atoms with Crippen molar-refractivity contribution in [2.24, 2.45) is 10.9 Å². The van der Waals surface area contributed by atoms with Crippen molar-refractivity contribution in [1.29, 1.82) is 5.26 Å². The predicted octanol–water partition coefficient (Wildman–Crippen LogP) is 2.98. The Labute approximate surface area is 135 Å². The summed E-state index contributed by atoms with van der Waals surface area (Å²) in [5, 5.41) is 11.7. The van der Waals surface area contributed by atoms with Crippen LogP contribution in [0.1, 0.15) is 30.1 Å². The standard InChI is InChI=1S/C16H20N4OS/c1-12-7-9-20(10-8-12)15(21)13-3-5-14(6-4-13)19-16(22-2)18-11-17/h3-6,12H,7-10H2,1-2H3,(H,18,19). The molecule has 1 aromatic rings. The van der Waals surface area contributed by atoms with Crippen LogP contribution in [0.5, 0.6) is 0 Å². The number of hydrogen-bond acceptors (Lipinski definition) is 4. The van der Waals surface area contributed by atoms with Crippen LogP contribution in [0, 0.1) is 17.4 Å². The number of likely N-dealkylation sites (tertiary alicyclic amines) is 1. The van der Waals surface area contributed by atoms with Gasteiger partial charge >= 0.3 is 0 Å². The number of rotatable bonds is 2. The molecule has 1 saturated heterocycles. The summed E-state index contributed by atoms with van der Waals surface area (Å²) in [5.74, 6) is 0.793. The van der Waals surface area contributed by atoms with E-state index in [1.54, 1.807) is 24.3 Å². The highest BCUT2D eigenvalue weighted by Crippen LogP contribution is 2.20. The van der Waals surface area contributed by atoms with Crippen LogP contribution in [0.15, 0.2) is 29.3 Å². The fourth-order valence-corrected chi connectivity index (χ4v) is 2.71. The molecule has 0 aromatic heterocycles. The van der Waals surface area contributed by atoms with E-state index in [2.05, 4.69) is 17.2 Å². The second-order valence-corrected chi connectivity index (χ2v) is 6.17. The van der Waals surface area contributed by atoms with E-state index in [0.29, 0.717) is 16.6 Å². The first-order chi connectivity index (χ1) is 10.6. The van der Waals surface area contributed by atoms with E-state index in [1.807, 2.05) is 17.3 Å². The van der Waals surface area contributed by atoms with Gasteiger partial charge in [0.2, 0.25) is 0 Å². The molecule has 1 amide bonds. The lowest BCUT2D eigenvalue weighted by Gasteiger charge is -2.30. The highest BCUT2D eigenvalue weighted by atomic mass is 32.2. The fourth-order valence-electron chi connectivity index (χ4n) is 2.36. The van der Waals surface area contributed by atoms with Gasteiger partial charge in [-0.25, -0.2) is 4.99 Å². The number of nitrogens with zero attached hydrogens (tertiary/aromatic N) is 3. The highest BCUT2D eigenvalue weighted by Gasteiger charge is 2.21. The molecule has 0 radical (unpaired) electrons. The van der Waals surface area contributed by atoms with E-state index in [4.69, 9.17) is 5.26 Å². The van der Waals surface area contributed by atoms with Gasteiger partial charge in [-0.3, -0.25) is 10.1 Å². The van der Waals surface area contributed by atoms with Crippen LogP contribution < -0.4 is 5.32 Å². The maximum atomic E-state index is 12.4. The van der Waals surface area contributed by atoms with Crippen molar-refractivity contribution in [3.63, 3.8) is 0 Å². The molecule has 116 valence electrons. The molecule has 0 unspecified atom stereocenters. The lowest BCUT2D eigenvalue weighted by molar-refractivity contribution is 0.0697. The van der Waals surface area contributed by atoms with E-state index < -0.39 is 0 Å². The van der Waals surface area contributed by atoms with Gasteiger partial charge in [0.25, 0.3) is 5.91 Å². The summed E-state index contributed by atoms with van der Waals surface area (Å²) >= 11 is 1.36. The number of carbonyl (C=O) groups excluding carboxylic acids is 1. The number of nitriles is 1.